The molecule has 0 saturated heterocycles. The second kappa shape index (κ2) is 7.89. The van der Waals surface area contributed by atoms with E-state index in [4.69, 9.17) is 27.9 Å². The third-order valence-electron chi connectivity index (χ3n) is 3.90. The van der Waals surface area contributed by atoms with Gasteiger partial charge in [0.05, 0.1) is 22.1 Å². The van der Waals surface area contributed by atoms with Crippen LogP contribution in [0.25, 0.3) is 10.9 Å². The van der Waals surface area contributed by atoms with E-state index in [-0.39, 0.29) is 12.5 Å². The van der Waals surface area contributed by atoms with Gasteiger partial charge in [-0.3, -0.25) is 4.79 Å². The Morgan fingerprint density at radius 3 is 2.65 bits per heavy atom. The first-order valence-corrected chi connectivity index (χ1v) is 8.73. The number of hydrogen-bond acceptors (Lipinski definition) is 4. The lowest BCUT2D eigenvalue weighted by molar-refractivity contribution is -0.132. The molecule has 0 aliphatic rings. The molecule has 1 aromatic heterocycles. The Labute approximate surface area is 161 Å². The third kappa shape index (κ3) is 4.23. The van der Waals surface area contributed by atoms with Gasteiger partial charge >= 0.3 is 0 Å². The van der Waals surface area contributed by atoms with Gasteiger partial charge in [0.2, 0.25) is 0 Å². The van der Waals surface area contributed by atoms with Crippen molar-refractivity contribution in [3.63, 3.8) is 0 Å². The number of halogens is 2. The SMILES string of the molecule is Cc1nc(CN(C)C(=O)COc2ccc(Cl)c(Cl)c2)nc2ccccc12. The number of para-hydroxylation sites is 1. The fourth-order valence-electron chi connectivity index (χ4n) is 2.49. The first kappa shape index (κ1) is 18.4. The molecule has 0 aliphatic heterocycles. The van der Waals surface area contributed by atoms with Crippen LogP contribution in [0, 0.1) is 6.92 Å². The molecule has 0 radical (unpaired) electrons. The van der Waals surface area contributed by atoms with Gasteiger partial charge in [-0.15, -0.1) is 0 Å². The van der Waals surface area contributed by atoms with E-state index in [1.807, 2.05) is 31.2 Å². The molecule has 26 heavy (non-hydrogen) atoms. The van der Waals surface area contributed by atoms with Crippen LogP contribution in [0.2, 0.25) is 10.0 Å². The number of ether oxygens (including phenoxy) is 1. The van der Waals surface area contributed by atoms with Crippen molar-refractivity contribution in [3.8, 4) is 5.75 Å². The van der Waals surface area contributed by atoms with Crippen molar-refractivity contribution in [2.45, 2.75) is 13.5 Å². The molecule has 1 heterocycles. The number of aromatic nitrogens is 2. The summed E-state index contributed by atoms with van der Waals surface area (Å²) in [5.74, 6) is 0.885. The summed E-state index contributed by atoms with van der Waals surface area (Å²) in [7, 11) is 1.69. The molecule has 134 valence electrons. The van der Waals surface area contributed by atoms with E-state index < -0.39 is 0 Å². The summed E-state index contributed by atoms with van der Waals surface area (Å²) in [4.78, 5) is 22.8. The number of carbonyl (C=O) groups excluding carboxylic acids is 1. The van der Waals surface area contributed by atoms with Crippen LogP contribution < -0.4 is 4.74 Å². The van der Waals surface area contributed by atoms with Crippen molar-refractivity contribution < 1.29 is 9.53 Å². The predicted molar refractivity (Wildman–Crippen MR) is 103 cm³/mol. The van der Waals surface area contributed by atoms with Crippen molar-refractivity contribution in [1.29, 1.82) is 0 Å². The van der Waals surface area contributed by atoms with Crippen molar-refractivity contribution >= 4 is 40.0 Å². The quantitative estimate of drug-likeness (QED) is 0.653. The first-order valence-electron chi connectivity index (χ1n) is 7.98. The lowest BCUT2D eigenvalue weighted by atomic mass is 10.2. The standard InChI is InChI=1S/C19H17Cl2N3O2/c1-12-14-5-3-4-6-17(14)23-18(22-12)10-24(2)19(25)11-26-13-7-8-15(20)16(21)9-13/h3-9H,10-11H2,1-2H3. The lowest BCUT2D eigenvalue weighted by Gasteiger charge is -2.17. The number of rotatable bonds is 5. The van der Waals surface area contributed by atoms with Crippen LogP contribution in [0.5, 0.6) is 5.75 Å². The van der Waals surface area contributed by atoms with Crippen LogP contribution in [-0.2, 0) is 11.3 Å². The second-order valence-corrected chi connectivity index (χ2v) is 6.67. The van der Waals surface area contributed by atoms with Crippen molar-refractivity contribution in [1.82, 2.24) is 14.9 Å². The van der Waals surface area contributed by atoms with Gasteiger partial charge in [-0.1, -0.05) is 41.4 Å². The van der Waals surface area contributed by atoms with Gasteiger partial charge < -0.3 is 9.64 Å². The fraction of sp³-hybridized carbons (Fsp3) is 0.211. The van der Waals surface area contributed by atoms with Crippen molar-refractivity contribution in [3.05, 3.63) is 64.0 Å². The van der Waals surface area contributed by atoms with Crippen LogP contribution in [0.4, 0.5) is 0 Å². The zero-order valence-electron chi connectivity index (χ0n) is 14.4. The topological polar surface area (TPSA) is 55.3 Å². The van der Waals surface area contributed by atoms with E-state index in [1.54, 1.807) is 25.2 Å². The summed E-state index contributed by atoms with van der Waals surface area (Å²) in [5.41, 5.74) is 1.75. The minimum atomic E-state index is -0.189. The molecule has 0 saturated carbocycles. The maximum atomic E-state index is 12.3. The second-order valence-electron chi connectivity index (χ2n) is 5.86. The molecule has 3 aromatic rings. The molecule has 2 aromatic carbocycles. The summed E-state index contributed by atoms with van der Waals surface area (Å²) < 4.78 is 5.48. The number of likely N-dealkylation sites (N-methyl/N-ethyl adjacent to an activating group) is 1. The number of fused-ring (bicyclic) bond motifs is 1. The maximum Gasteiger partial charge on any atom is 0.260 e. The number of benzene rings is 2. The Bertz CT molecular complexity index is 963. The largest absolute Gasteiger partial charge is 0.484 e. The van der Waals surface area contributed by atoms with E-state index >= 15 is 0 Å². The van der Waals surface area contributed by atoms with E-state index in [0.717, 1.165) is 16.6 Å². The summed E-state index contributed by atoms with van der Waals surface area (Å²) in [6.45, 7) is 2.12. The molecule has 0 unspecified atom stereocenters. The summed E-state index contributed by atoms with van der Waals surface area (Å²) in [5, 5.41) is 1.82. The molecule has 0 bridgehead atoms. The Hall–Kier alpha value is -2.37. The normalized spacial score (nSPS) is 10.8. The molecule has 5 nitrogen and oxygen atoms in total. The Balaban J connectivity index is 1.64. The third-order valence-corrected chi connectivity index (χ3v) is 4.64. The van der Waals surface area contributed by atoms with E-state index in [9.17, 15) is 4.79 Å². The molecule has 0 spiro atoms. The summed E-state index contributed by atoms with van der Waals surface area (Å²) in [6.07, 6.45) is 0. The number of carbonyl (C=O) groups is 1. The number of hydrogen-bond donors (Lipinski definition) is 0. The average molecular weight is 390 g/mol. The highest BCUT2D eigenvalue weighted by Crippen LogP contribution is 2.26. The Kier molecular flexibility index (Phi) is 5.59. The average Bonchev–Trinajstić information content (AvgIpc) is 2.62. The van der Waals surface area contributed by atoms with E-state index in [1.165, 1.54) is 4.90 Å². The van der Waals surface area contributed by atoms with Crippen LogP contribution in [0.1, 0.15) is 11.5 Å². The Morgan fingerprint density at radius 2 is 1.88 bits per heavy atom. The summed E-state index contributed by atoms with van der Waals surface area (Å²) >= 11 is 11.8. The van der Waals surface area contributed by atoms with E-state index in [2.05, 4.69) is 9.97 Å². The van der Waals surface area contributed by atoms with Gasteiger partial charge in [-0.2, -0.15) is 0 Å². The highest BCUT2D eigenvalue weighted by molar-refractivity contribution is 6.42. The number of amides is 1. The molecule has 0 aliphatic carbocycles. The van der Waals surface area contributed by atoms with E-state index in [0.29, 0.717) is 28.2 Å². The molecular formula is C19H17Cl2N3O2. The van der Waals surface area contributed by atoms with Gasteiger partial charge in [-0.05, 0) is 25.1 Å². The van der Waals surface area contributed by atoms with Gasteiger partial charge in [0.15, 0.2) is 6.61 Å². The molecule has 3 rings (SSSR count). The molecular weight excluding hydrogens is 373 g/mol. The minimum Gasteiger partial charge on any atom is -0.484 e. The number of aryl methyl sites for hydroxylation is 1. The molecule has 1 amide bonds. The van der Waals surface area contributed by atoms with Crippen molar-refractivity contribution in [2.24, 2.45) is 0 Å². The fourth-order valence-corrected chi connectivity index (χ4v) is 2.78. The van der Waals surface area contributed by atoms with Gasteiger partial charge in [0.25, 0.3) is 5.91 Å². The highest BCUT2D eigenvalue weighted by Gasteiger charge is 2.13. The zero-order chi connectivity index (χ0) is 18.7. The lowest BCUT2D eigenvalue weighted by Crippen LogP contribution is -2.31. The van der Waals surface area contributed by atoms with Gasteiger partial charge in [0, 0.05) is 24.2 Å². The van der Waals surface area contributed by atoms with Crippen LogP contribution >= 0.6 is 23.2 Å². The minimum absolute atomic E-state index is 0.110. The molecule has 0 fully saturated rings. The van der Waals surface area contributed by atoms with Crippen LogP contribution in [0.3, 0.4) is 0 Å². The van der Waals surface area contributed by atoms with Crippen LogP contribution in [-0.4, -0.2) is 34.4 Å². The van der Waals surface area contributed by atoms with Gasteiger partial charge in [0.1, 0.15) is 11.6 Å². The van der Waals surface area contributed by atoms with Crippen LogP contribution in [0.15, 0.2) is 42.5 Å². The van der Waals surface area contributed by atoms with Gasteiger partial charge in [-0.25, -0.2) is 9.97 Å². The first-order chi connectivity index (χ1) is 12.4. The Morgan fingerprint density at radius 1 is 1.12 bits per heavy atom. The molecule has 0 atom stereocenters. The zero-order valence-corrected chi connectivity index (χ0v) is 15.9. The number of nitrogens with zero attached hydrogens (tertiary/aromatic N) is 3. The highest BCUT2D eigenvalue weighted by atomic mass is 35.5. The molecule has 0 N–H and O–H groups in total. The monoisotopic (exact) mass is 389 g/mol. The summed E-state index contributed by atoms with van der Waals surface area (Å²) in [6, 6.07) is 12.7. The molecule has 7 heteroatoms. The van der Waals surface area contributed by atoms with Crippen molar-refractivity contribution in [2.75, 3.05) is 13.7 Å². The maximum absolute atomic E-state index is 12.3. The predicted octanol–water partition coefficient (Wildman–Crippen LogP) is 4.28. The smallest absolute Gasteiger partial charge is 0.260 e.